The Kier molecular flexibility index (Phi) is 7.69. The summed E-state index contributed by atoms with van der Waals surface area (Å²) >= 11 is 0. The lowest BCUT2D eigenvalue weighted by Gasteiger charge is -2.23. The van der Waals surface area contributed by atoms with E-state index in [2.05, 4.69) is 26.1 Å². The van der Waals surface area contributed by atoms with Crippen LogP contribution in [0.3, 0.4) is 0 Å². The number of ether oxygens (including phenoxy) is 1. The Bertz CT molecular complexity index is 930. The van der Waals surface area contributed by atoms with Gasteiger partial charge in [0.1, 0.15) is 5.82 Å². The number of allylic oxidation sites excluding steroid dienone is 1. The van der Waals surface area contributed by atoms with Gasteiger partial charge < -0.3 is 15.0 Å². The number of hydrogen-bond donors (Lipinski definition) is 1. The van der Waals surface area contributed by atoms with E-state index in [1.165, 1.54) is 7.11 Å². The molecule has 0 bridgehead atoms. The Hall–Kier alpha value is -2.35. The third-order valence-electron chi connectivity index (χ3n) is 4.83. The lowest BCUT2D eigenvalue weighted by molar-refractivity contribution is -0.143. The molecule has 2 heterocycles. The van der Waals surface area contributed by atoms with Gasteiger partial charge in [-0.1, -0.05) is 32.9 Å². The minimum Gasteiger partial charge on any atom is -0.469 e. The standard InChI is InChI=1S/C22H33N3O4S/c1-16(21(26)29-6)7-8-18-13-19(23-15-22(3,4)5)14-20(24-18)25-10-9-17(2)30(27,28)12-11-25/h7-9,13-14,16H,10-12,15H2,1-6H3,(H,23,24)/b8-7-. The molecule has 0 aromatic carbocycles. The molecule has 1 N–H and O–H groups in total. The zero-order chi connectivity index (χ0) is 22.5. The van der Waals surface area contributed by atoms with E-state index in [9.17, 15) is 13.2 Å². The Labute approximate surface area is 180 Å². The molecule has 1 aliphatic heterocycles. The number of anilines is 2. The molecule has 166 valence electrons. The van der Waals surface area contributed by atoms with E-state index in [1.54, 1.807) is 32.1 Å². The summed E-state index contributed by atoms with van der Waals surface area (Å²) in [5.41, 5.74) is 1.68. The molecular formula is C22H33N3O4S. The summed E-state index contributed by atoms with van der Waals surface area (Å²) in [7, 11) is -1.85. The third kappa shape index (κ3) is 6.86. The van der Waals surface area contributed by atoms with Crippen molar-refractivity contribution in [1.29, 1.82) is 0 Å². The number of rotatable bonds is 6. The van der Waals surface area contributed by atoms with Gasteiger partial charge in [0.25, 0.3) is 0 Å². The van der Waals surface area contributed by atoms with Crippen LogP contribution in [0.4, 0.5) is 11.5 Å². The maximum Gasteiger partial charge on any atom is 0.312 e. The van der Waals surface area contributed by atoms with Crippen molar-refractivity contribution in [3.8, 4) is 0 Å². The van der Waals surface area contributed by atoms with E-state index in [0.717, 1.165) is 12.2 Å². The van der Waals surface area contributed by atoms with E-state index < -0.39 is 9.84 Å². The maximum atomic E-state index is 12.2. The number of pyridine rings is 1. The molecule has 1 aromatic rings. The number of carbonyl (C=O) groups excluding carboxylic acids is 1. The highest BCUT2D eigenvalue weighted by Gasteiger charge is 2.21. The van der Waals surface area contributed by atoms with Crippen molar-refractivity contribution < 1.29 is 17.9 Å². The zero-order valence-electron chi connectivity index (χ0n) is 18.7. The van der Waals surface area contributed by atoms with Crippen molar-refractivity contribution in [2.45, 2.75) is 34.6 Å². The topological polar surface area (TPSA) is 88.6 Å². The summed E-state index contributed by atoms with van der Waals surface area (Å²) in [5, 5.41) is 3.44. The molecular weight excluding hydrogens is 402 g/mol. The third-order valence-corrected chi connectivity index (χ3v) is 6.69. The average molecular weight is 436 g/mol. The number of methoxy groups -OCH3 is 1. The Morgan fingerprint density at radius 2 is 2.07 bits per heavy atom. The summed E-state index contributed by atoms with van der Waals surface area (Å²) in [5.74, 6) is 0.0499. The van der Waals surface area contributed by atoms with Crippen molar-refractivity contribution in [3.05, 3.63) is 34.9 Å². The Morgan fingerprint density at radius 1 is 1.37 bits per heavy atom. The smallest absolute Gasteiger partial charge is 0.312 e. The van der Waals surface area contributed by atoms with Crippen LogP contribution < -0.4 is 10.2 Å². The molecule has 1 aliphatic rings. The predicted molar refractivity (Wildman–Crippen MR) is 122 cm³/mol. The van der Waals surface area contributed by atoms with Gasteiger partial charge in [-0.05, 0) is 31.4 Å². The van der Waals surface area contributed by atoms with Gasteiger partial charge in [-0.15, -0.1) is 0 Å². The van der Waals surface area contributed by atoms with Crippen LogP contribution >= 0.6 is 0 Å². The summed E-state index contributed by atoms with van der Waals surface area (Å²) in [6.45, 7) is 11.5. The first-order valence-corrected chi connectivity index (χ1v) is 11.7. The lowest BCUT2D eigenvalue weighted by Crippen LogP contribution is -2.28. The second-order valence-corrected chi connectivity index (χ2v) is 11.1. The molecule has 0 spiro atoms. The first-order valence-electron chi connectivity index (χ1n) is 10.1. The summed E-state index contributed by atoms with van der Waals surface area (Å²) in [6.07, 6.45) is 5.28. The van der Waals surface area contributed by atoms with Crippen LogP contribution in [0.5, 0.6) is 0 Å². The minimum absolute atomic E-state index is 0.0568. The van der Waals surface area contributed by atoms with Gasteiger partial charge in [0.05, 0.1) is 24.5 Å². The fourth-order valence-corrected chi connectivity index (χ4v) is 3.93. The van der Waals surface area contributed by atoms with Crippen LogP contribution in [0.1, 0.15) is 40.3 Å². The normalized spacial score (nSPS) is 17.9. The van der Waals surface area contributed by atoms with Gasteiger partial charge in [-0.2, -0.15) is 0 Å². The van der Waals surface area contributed by atoms with Crippen LogP contribution in [-0.2, 0) is 19.4 Å². The van der Waals surface area contributed by atoms with E-state index >= 15 is 0 Å². The largest absolute Gasteiger partial charge is 0.469 e. The van der Waals surface area contributed by atoms with Gasteiger partial charge in [-0.25, -0.2) is 13.4 Å². The van der Waals surface area contributed by atoms with Gasteiger partial charge in [-0.3, -0.25) is 4.79 Å². The highest BCUT2D eigenvalue weighted by Crippen LogP contribution is 2.24. The van der Waals surface area contributed by atoms with E-state index in [0.29, 0.717) is 29.5 Å². The van der Waals surface area contributed by atoms with Crippen LogP contribution in [0.15, 0.2) is 29.2 Å². The molecule has 1 atom stereocenters. The highest BCUT2D eigenvalue weighted by molar-refractivity contribution is 7.95. The quantitative estimate of drug-likeness (QED) is 0.684. The summed E-state index contributed by atoms with van der Waals surface area (Å²) < 4.78 is 29.2. The zero-order valence-corrected chi connectivity index (χ0v) is 19.5. The molecule has 0 aliphatic carbocycles. The minimum atomic E-state index is -3.21. The first kappa shape index (κ1) is 23.9. The van der Waals surface area contributed by atoms with E-state index in [-0.39, 0.29) is 23.1 Å². The Morgan fingerprint density at radius 3 is 2.70 bits per heavy atom. The number of nitrogens with zero attached hydrogens (tertiary/aromatic N) is 2. The monoisotopic (exact) mass is 435 g/mol. The van der Waals surface area contributed by atoms with Crippen molar-refractivity contribution >= 4 is 33.4 Å². The van der Waals surface area contributed by atoms with Crippen molar-refractivity contribution in [3.63, 3.8) is 0 Å². The molecule has 0 radical (unpaired) electrons. The predicted octanol–water partition coefficient (Wildman–Crippen LogP) is 3.50. The molecule has 1 unspecified atom stereocenters. The molecule has 1 aromatic heterocycles. The molecule has 30 heavy (non-hydrogen) atoms. The molecule has 0 saturated heterocycles. The number of nitrogens with one attached hydrogen (secondary N) is 1. The second kappa shape index (κ2) is 9.64. The highest BCUT2D eigenvalue weighted by atomic mass is 32.2. The van der Waals surface area contributed by atoms with Crippen LogP contribution in [0, 0.1) is 11.3 Å². The number of aromatic nitrogens is 1. The van der Waals surface area contributed by atoms with Crippen molar-refractivity contribution in [1.82, 2.24) is 4.98 Å². The second-order valence-electron chi connectivity index (χ2n) is 8.80. The summed E-state index contributed by atoms with van der Waals surface area (Å²) in [4.78, 5) is 18.7. The van der Waals surface area contributed by atoms with Crippen LogP contribution in [0.2, 0.25) is 0 Å². The molecule has 2 rings (SSSR count). The fraction of sp³-hybridized carbons (Fsp3) is 0.545. The number of sulfone groups is 1. The van der Waals surface area contributed by atoms with Crippen LogP contribution in [-0.4, -0.2) is 51.9 Å². The molecule has 8 heteroatoms. The molecule has 0 amide bonds. The van der Waals surface area contributed by atoms with Gasteiger partial charge in [0.15, 0.2) is 9.84 Å². The number of hydrogen-bond acceptors (Lipinski definition) is 7. The maximum absolute atomic E-state index is 12.2. The summed E-state index contributed by atoms with van der Waals surface area (Å²) in [6, 6.07) is 3.86. The molecule has 7 nitrogen and oxygen atoms in total. The van der Waals surface area contributed by atoms with Crippen LogP contribution in [0.25, 0.3) is 6.08 Å². The van der Waals surface area contributed by atoms with Crippen molar-refractivity contribution in [2.75, 3.05) is 42.7 Å². The van der Waals surface area contributed by atoms with E-state index in [4.69, 9.17) is 9.72 Å². The van der Waals surface area contributed by atoms with Gasteiger partial charge in [0.2, 0.25) is 0 Å². The molecule has 0 saturated carbocycles. The van der Waals surface area contributed by atoms with Gasteiger partial charge >= 0.3 is 5.97 Å². The number of esters is 1. The molecule has 0 fully saturated rings. The lowest BCUT2D eigenvalue weighted by atomic mass is 9.97. The van der Waals surface area contributed by atoms with Crippen molar-refractivity contribution in [2.24, 2.45) is 11.3 Å². The van der Waals surface area contributed by atoms with Gasteiger partial charge in [0, 0.05) is 36.3 Å². The average Bonchev–Trinajstić information content (AvgIpc) is 2.81. The number of carbonyl (C=O) groups is 1. The SMILES string of the molecule is COC(=O)C(C)/C=C\c1cc(NCC(C)(C)C)cc(N2CC=C(C)S(=O)(=O)CC2)n1. The first-order chi connectivity index (χ1) is 13.9. The Balaban J connectivity index is 2.36. The fourth-order valence-electron chi connectivity index (χ4n) is 2.82. The van der Waals surface area contributed by atoms with E-state index in [1.807, 2.05) is 17.0 Å².